The Balaban J connectivity index is 1.73. The molecule has 5 nitrogen and oxygen atoms in total. The maximum atomic E-state index is 11.6. The molecule has 3 rings (SSSR count). The number of ketones is 1. The van der Waals surface area contributed by atoms with Crippen LogP contribution in [-0.2, 0) is 4.79 Å². The Bertz CT molecular complexity index is 525. The molecule has 1 aromatic carbocycles. The molecule has 0 unspecified atom stereocenters. The number of hydrogen-bond acceptors (Lipinski definition) is 5. The van der Waals surface area contributed by atoms with E-state index in [0.29, 0.717) is 31.1 Å². The standard InChI is InChI=1S/C14H16N2O3/c17-12-4-2-1-3-11(12)16-15-10-5-6-13-14(9-10)19-8-7-18-13/h5-6,9,15H,1-4,7-8H2/b16-11-. The van der Waals surface area contributed by atoms with Crippen LogP contribution in [0.15, 0.2) is 23.3 Å². The van der Waals surface area contributed by atoms with E-state index in [4.69, 9.17) is 9.47 Å². The smallest absolute Gasteiger partial charge is 0.178 e. The number of nitrogens with one attached hydrogen (secondary N) is 1. The zero-order valence-corrected chi connectivity index (χ0v) is 10.6. The number of anilines is 1. The normalized spacial score (nSPS) is 20.4. The highest BCUT2D eigenvalue weighted by atomic mass is 16.6. The Morgan fingerprint density at radius 3 is 2.68 bits per heavy atom. The third-order valence-electron chi connectivity index (χ3n) is 3.25. The van der Waals surface area contributed by atoms with Crippen LogP contribution in [0.5, 0.6) is 11.5 Å². The van der Waals surface area contributed by atoms with Crippen LogP contribution < -0.4 is 14.9 Å². The molecule has 2 aliphatic rings. The van der Waals surface area contributed by atoms with Gasteiger partial charge >= 0.3 is 0 Å². The first-order valence-corrected chi connectivity index (χ1v) is 6.58. The average molecular weight is 260 g/mol. The van der Waals surface area contributed by atoms with Gasteiger partial charge in [-0.05, 0) is 31.4 Å². The summed E-state index contributed by atoms with van der Waals surface area (Å²) in [6.45, 7) is 1.14. The van der Waals surface area contributed by atoms with Gasteiger partial charge in [-0.1, -0.05) is 0 Å². The van der Waals surface area contributed by atoms with E-state index >= 15 is 0 Å². The molecule has 0 saturated heterocycles. The van der Waals surface area contributed by atoms with Crippen molar-refractivity contribution in [1.82, 2.24) is 0 Å². The number of fused-ring (bicyclic) bond motifs is 1. The summed E-state index contributed by atoms with van der Waals surface area (Å²) in [4.78, 5) is 11.6. The number of rotatable bonds is 2. The minimum Gasteiger partial charge on any atom is -0.486 e. The van der Waals surface area contributed by atoms with Gasteiger partial charge < -0.3 is 9.47 Å². The lowest BCUT2D eigenvalue weighted by Gasteiger charge is -2.18. The van der Waals surface area contributed by atoms with Crippen molar-refractivity contribution in [2.45, 2.75) is 25.7 Å². The molecule has 100 valence electrons. The number of nitrogens with zero attached hydrogens (tertiary/aromatic N) is 1. The average Bonchev–Trinajstić information content (AvgIpc) is 2.46. The molecule has 5 heteroatoms. The maximum absolute atomic E-state index is 11.6. The van der Waals surface area contributed by atoms with Crippen molar-refractivity contribution in [1.29, 1.82) is 0 Å². The van der Waals surface area contributed by atoms with E-state index in [0.717, 1.165) is 30.7 Å². The van der Waals surface area contributed by atoms with Crippen molar-refractivity contribution in [3.05, 3.63) is 18.2 Å². The van der Waals surface area contributed by atoms with E-state index in [1.807, 2.05) is 18.2 Å². The number of benzene rings is 1. The first-order chi connectivity index (χ1) is 9.33. The highest BCUT2D eigenvalue weighted by molar-refractivity contribution is 6.40. The van der Waals surface area contributed by atoms with Crippen LogP contribution in [-0.4, -0.2) is 24.7 Å². The van der Waals surface area contributed by atoms with E-state index in [1.54, 1.807) is 0 Å². The summed E-state index contributed by atoms with van der Waals surface area (Å²) in [5.74, 6) is 1.61. The van der Waals surface area contributed by atoms with Crippen molar-refractivity contribution < 1.29 is 14.3 Å². The summed E-state index contributed by atoms with van der Waals surface area (Å²) in [6, 6.07) is 5.55. The lowest BCUT2D eigenvalue weighted by atomic mass is 9.97. The van der Waals surface area contributed by atoms with Crippen molar-refractivity contribution >= 4 is 17.2 Å². The predicted octanol–water partition coefficient (Wildman–Crippen LogP) is 2.37. The monoisotopic (exact) mass is 260 g/mol. The molecule has 0 aromatic heterocycles. The number of hydrazone groups is 1. The summed E-state index contributed by atoms with van der Waals surface area (Å²) in [6.07, 6.45) is 3.38. The van der Waals surface area contributed by atoms with Gasteiger partial charge in [-0.15, -0.1) is 0 Å². The second-order valence-corrected chi connectivity index (χ2v) is 4.66. The molecule has 1 aromatic rings. The number of Topliss-reactive ketones (excluding diaryl/α,β-unsaturated/α-hetero) is 1. The van der Waals surface area contributed by atoms with Gasteiger partial charge in [0.05, 0.1) is 5.69 Å². The first-order valence-electron chi connectivity index (χ1n) is 6.58. The predicted molar refractivity (Wildman–Crippen MR) is 72.0 cm³/mol. The van der Waals surface area contributed by atoms with E-state index in [-0.39, 0.29) is 5.78 Å². The highest BCUT2D eigenvalue weighted by Crippen LogP contribution is 2.32. The molecular weight excluding hydrogens is 244 g/mol. The lowest BCUT2D eigenvalue weighted by molar-refractivity contribution is -0.113. The number of hydrogen-bond donors (Lipinski definition) is 1. The Hall–Kier alpha value is -2.04. The van der Waals surface area contributed by atoms with E-state index < -0.39 is 0 Å². The first kappa shape index (κ1) is 12.0. The SMILES string of the molecule is O=C1CCCC/C1=N/Nc1ccc2c(c1)OCCO2. The minimum atomic E-state index is 0.149. The van der Waals surface area contributed by atoms with Gasteiger partial charge in [0.25, 0.3) is 0 Å². The second-order valence-electron chi connectivity index (χ2n) is 4.66. The third kappa shape index (κ3) is 2.70. The number of ether oxygens (including phenoxy) is 2. The summed E-state index contributed by atoms with van der Waals surface area (Å²) in [7, 11) is 0. The molecule has 1 heterocycles. The zero-order valence-electron chi connectivity index (χ0n) is 10.6. The molecule has 0 atom stereocenters. The van der Waals surface area contributed by atoms with E-state index in [2.05, 4.69) is 10.5 Å². The van der Waals surface area contributed by atoms with Crippen LogP contribution in [0.3, 0.4) is 0 Å². The van der Waals surface area contributed by atoms with Crippen LogP contribution in [0.25, 0.3) is 0 Å². The van der Waals surface area contributed by atoms with Crippen LogP contribution in [0, 0.1) is 0 Å². The van der Waals surface area contributed by atoms with Crippen molar-refractivity contribution in [2.24, 2.45) is 5.10 Å². The fraction of sp³-hybridized carbons (Fsp3) is 0.429. The van der Waals surface area contributed by atoms with Gasteiger partial charge in [0.1, 0.15) is 18.9 Å². The van der Waals surface area contributed by atoms with E-state index in [1.165, 1.54) is 0 Å². The second kappa shape index (κ2) is 5.30. The topological polar surface area (TPSA) is 59.9 Å². The minimum absolute atomic E-state index is 0.149. The fourth-order valence-electron chi connectivity index (χ4n) is 2.22. The number of carbonyl (C=O) groups is 1. The Morgan fingerprint density at radius 1 is 1.05 bits per heavy atom. The van der Waals surface area contributed by atoms with E-state index in [9.17, 15) is 4.79 Å². The molecule has 1 aliphatic heterocycles. The maximum Gasteiger partial charge on any atom is 0.178 e. The molecule has 1 fully saturated rings. The summed E-state index contributed by atoms with van der Waals surface area (Å²) in [5.41, 5.74) is 4.37. The molecule has 0 amide bonds. The van der Waals surface area contributed by atoms with Crippen LogP contribution in [0.4, 0.5) is 5.69 Å². The molecule has 1 N–H and O–H groups in total. The van der Waals surface area contributed by atoms with Gasteiger partial charge in [-0.2, -0.15) is 5.10 Å². The zero-order chi connectivity index (χ0) is 13.1. The summed E-state index contributed by atoms with van der Waals surface area (Å²) >= 11 is 0. The molecule has 0 bridgehead atoms. The van der Waals surface area contributed by atoms with Gasteiger partial charge in [0, 0.05) is 12.5 Å². The van der Waals surface area contributed by atoms with Crippen molar-refractivity contribution in [2.75, 3.05) is 18.6 Å². The quantitative estimate of drug-likeness (QED) is 0.829. The van der Waals surface area contributed by atoms with Crippen LogP contribution >= 0.6 is 0 Å². The number of carbonyl (C=O) groups excluding carboxylic acids is 1. The summed E-state index contributed by atoms with van der Waals surface area (Å²) < 4.78 is 10.9. The third-order valence-corrected chi connectivity index (χ3v) is 3.25. The van der Waals surface area contributed by atoms with Crippen molar-refractivity contribution in [3.63, 3.8) is 0 Å². The summed E-state index contributed by atoms with van der Waals surface area (Å²) in [5, 5.41) is 4.20. The lowest BCUT2D eigenvalue weighted by Crippen LogP contribution is -2.20. The highest BCUT2D eigenvalue weighted by Gasteiger charge is 2.16. The molecule has 1 saturated carbocycles. The largest absolute Gasteiger partial charge is 0.486 e. The molecule has 0 radical (unpaired) electrons. The molecular formula is C14H16N2O3. The van der Waals surface area contributed by atoms with Gasteiger partial charge in [0.2, 0.25) is 0 Å². The fourth-order valence-corrected chi connectivity index (χ4v) is 2.22. The Morgan fingerprint density at radius 2 is 1.84 bits per heavy atom. The van der Waals surface area contributed by atoms with Gasteiger partial charge in [-0.25, -0.2) is 0 Å². The molecule has 1 aliphatic carbocycles. The van der Waals surface area contributed by atoms with Crippen LogP contribution in [0.2, 0.25) is 0 Å². The van der Waals surface area contributed by atoms with Gasteiger partial charge in [0.15, 0.2) is 17.3 Å². The molecule has 19 heavy (non-hydrogen) atoms. The van der Waals surface area contributed by atoms with Gasteiger partial charge in [-0.3, -0.25) is 10.2 Å². The Kier molecular flexibility index (Phi) is 3.35. The molecule has 0 spiro atoms. The Labute approximate surface area is 111 Å². The van der Waals surface area contributed by atoms with Crippen LogP contribution in [0.1, 0.15) is 25.7 Å². The van der Waals surface area contributed by atoms with Crippen molar-refractivity contribution in [3.8, 4) is 11.5 Å².